The fourth-order valence-corrected chi connectivity index (χ4v) is 2.80. The van der Waals surface area contributed by atoms with E-state index in [4.69, 9.17) is 23.5 Å². The van der Waals surface area contributed by atoms with Crippen molar-refractivity contribution in [3.8, 4) is 45.4 Å². The Morgan fingerprint density at radius 3 is 2.50 bits per heavy atom. The Balaban J connectivity index is 1.94. The standard InChI is InChI=1S/C18H15NO5/c1-20-14-8-12(16(21-2)18-17(14)22-10-23-18)13-9-19-24-15(13)11-6-4-3-5-7-11/h3-9H,10H2,1-2H3. The van der Waals surface area contributed by atoms with Crippen molar-refractivity contribution >= 4 is 0 Å². The molecule has 0 radical (unpaired) electrons. The largest absolute Gasteiger partial charge is 0.493 e. The van der Waals surface area contributed by atoms with Crippen LogP contribution in [0.4, 0.5) is 0 Å². The number of fused-ring (bicyclic) bond motifs is 1. The third kappa shape index (κ3) is 2.15. The van der Waals surface area contributed by atoms with Gasteiger partial charge in [-0.25, -0.2) is 0 Å². The average molecular weight is 325 g/mol. The molecular weight excluding hydrogens is 310 g/mol. The molecule has 0 unspecified atom stereocenters. The van der Waals surface area contributed by atoms with Crippen molar-refractivity contribution in [3.05, 3.63) is 42.6 Å². The molecule has 24 heavy (non-hydrogen) atoms. The first-order valence-corrected chi connectivity index (χ1v) is 7.38. The van der Waals surface area contributed by atoms with Crippen LogP contribution in [0.1, 0.15) is 0 Å². The van der Waals surface area contributed by atoms with Crippen molar-refractivity contribution in [2.24, 2.45) is 0 Å². The summed E-state index contributed by atoms with van der Waals surface area (Å²) in [6.45, 7) is 0.126. The van der Waals surface area contributed by atoms with Crippen LogP contribution in [0.15, 0.2) is 47.1 Å². The van der Waals surface area contributed by atoms with Crippen LogP contribution in [0.3, 0.4) is 0 Å². The molecule has 4 rings (SSSR count). The predicted molar refractivity (Wildman–Crippen MR) is 86.6 cm³/mol. The molecule has 1 aromatic heterocycles. The zero-order valence-electron chi connectivity index (χ0n) is 13.2. The van der Waals surface area contributed by atoms with Gasteiger partial charge in [0.1, 0.15) is 0 Å². The van der Waals surface area contributed by atoms with E-state index in [1.807, 2.05) is 36.4 Å². The number of rotatable bonds is 4. The lowest BCUT2D eigenvalue weighted by molar-refractivity contribution is 0.168. The van der Waals surface area contributed by atoms with Gasteiger partial charge in [0, 0.05) is 11.1 Å². The van der Waals surface area contributed by atoms with Gasteiger partial charge in [-0.3, -0.25) is 0 Å². The molecule has 0 atom stereocenters. The highest BCUT2D eigenvalue weighted by Crippen LogP contribution is 2.53. The summed E-state index contributed by atoms with van der Waals surface area (Å²) in [6, 6.07) is 11.6. The normalized spacial score (nSPS) is 12.2. The molecule has 1 aliphatic heterocycles. The maximum absolute atomic E-state index is 5.57. The molecule has 0 bridgehead atoms. The van der Waals surface area contributed by atoms with Crippen molar-refractivity contribution in [2.75, 3.05) is 21.0 Å². The molecule has 1 aliphatic rings. The SMILES string of the molecule is COc1cc(-c2cnoc2-c2ccccc2)c(OC)c2c1OCO2. The molecule has 2 aromatic carbocycles. The highest BCUT2D eigenvalue weighted by molar-refractivity contribution is 5.86. The number of methoxy groups -OCH3 is 2. The first-order chi connectivity index (χ1) is 11.8. The summed E-state index contributed by atoms with van der Waals surface area (Å²) in [6.07, 6.45) is 1.65. The summed E-state index contributed by atoms with van der Waals surface area (Å²) in [7, 11) is 3.17. The first kappa shape index (κ1) is 14.4. The van der Waals surface area contributed by atoms with E-state index in [1.165, 1.54) is 0 Å². The van der Waals surface area contributed by atoms with Crippen LogP contribution in [-0.4, -0.2) is 26.2 Å². The minimum absolute atomic E-state index is 0.126. The van der Waals surface area contributed by atoms with Gasteiger partial charge in [0.05, 0.1) is 26.0 Å². The first-order valence-electron chi connectivity index (χ1n) is 7.38. The lowest BCUT2D eigenvalue weighted by Gasteiger charge is -2.13. The number of nitrogens with zero attached hydrogens (tertiary/aromatic N) is 1. The molecule has 0 saturated carbocycles. The molecule has 3 aromatic rings. The van der Waals surface area contributed by atoms with E-state index in [0.29, 0.717) is 28.8 Å². The quantitative estimate of drug-likeness (QED) is 0.728. The third-order valence-electron chi connectivity index (χ3n) is 3.88. The van der Waals surface area contributed by atoms with E-state index in [-0.39, 0.29) is 6.79 Å². The molecule has 2 heterocycles. The molecule has 0 N–H and O–H groups in total. The van der Waals surface area contributed by atoms with Crippen LogP contribution in [0.25, 0.3) is 22.5 Å². The molecule has 0 amide bonds. The maximum atomic E-state index is 5.57. The molecule has 0 aliphatic carbocycles. The van der Waals surface area contributed by atoms with E-state index >= 15 is 0 Å². The van der Waals surface area contributed by atoms with Crippen molar-refractivity contribution in [2.45, 2.75) is 0 Å². The van der Waals surface area contributed by atoms with Gasteiger partial charge in [0.2, 0.25) is 18.3 Å². The van der Waals surface area contributed by atoms with Crippen LogP contribution in [0.5, 0.6) is 23.0 Å². The molecular formula is C18H15NO5. The van der Waals surface area contributed by atoms with Crippen molar-refractivity contribution in [3.63, 3.8) is 0 Å². The van der Waals surface area contributed by atoms with Gasteiger partial charge in [0.25, 0.3) is 0 Å². The Kier molecular flexibility index (Phi) is 3.49. The maximum Gasteiger partial charge on any atom is 0.231 e. The number of hydrogen-bond acceptors (Lipinski definition) is 6. The van der Waals surface area contributed by atoms with Gasteiger partial charge in [-0.05, 0) is 6.07 Å². The Morgan fingerprint density at radius 2 is 1.75 bits per heavy atom. The summed E-state index contributed by atoms with van der Waals surface area (Å²) in [5.41, 5.74) is 2.47. The summed E-state index contributed by atoms with van der Waals surface area (Å²) >= 11 is 0. The Labute approximate surface area is 138 Å². The molecule has 122 valence electrons. The summed E-state index contributed by atoms with van der Waals surface area (Å²) in [5, 5.41) is 3.96. The highest BCUT2D eigenvalue weighted by Gasteiger charge is 2.29. The van der Waals surface area contributed by atoms with Gasteiger partial charge >= 0.3 is 0 Å². The fourth-order valence-electron chi connectivity index (χ4n) is 2.80. The minimum atomic E-state index is 0.126. The zero-order chi connectivity index (χ0) is 16.5. The summed E-state index contributed by atoms with van der Waals surface area (Å²) in [4.78, 5) is 0. The zero-order valence-corrected chi connectivity index (χ0v) is 13.2. The number of ether oxygens (including phenoxy) is 4. The minimum Gasteiger partial charge on any atom is -0.493 e. The smallest absolute Gasteiger partial charge is 0.231 e. The van der Waals surface area contributed by atoms with Crippen LogP contribution >= 0.6 is 0 Å². The van der Waals surface area contributed by atoms with E-state index in [9.17, 15) is 0 Å². The van der Waals surface area contributed by atoms with Crippen molar-refractivity contribution in [1.29, 1.82) is 0 Å². The molecule has 6 heteroatoms. The van der Waals surface area contributed by atoms with Gasteiger partial charge in [-0.2, -0.15) is 0 Å². The van der Waals surface area contributed by atoms with Gasteiger partial charge < -0.3 is 23.5 Å². The van der Waals surface area contributed by atoms with E-state index < -0.39 is 0 Å². The lowest BCUT2D eigenvalue weighted by atomic mass is 10.0. The van der Waals surface area contributed by atoms with Crippen LogP contribution in [0.2, 0.25) is 0 Å². The molecule has 6 nitrogen and oxygen atoms in total. The Morgan fingerprint density at radius 1 is 0.958 bits per heavy atom. The second-order valence-electron chi connectivity index (χ2n) is 5.16. The molecule has 0 spiro atoms. The van der Waals surface area contributed by atoms with E-state index in [2.05, 4.69) is 5.16 Å². The lowest BCUT2D eigenvalue weighted by Crippen LogP contribution is -1.94. The summed E-state index contributed by atoms with van der Waals surface area (Å²) < 4.78 is 27.5. The van der Waals surface area contributed by atoms with Crippen LogP contribution < -0.4 is 18.9 Å². The number of aromatic nitrogens is 1. The fraction of sp³-hybridized carbons (Fsp3) is 0.167. The summed E-state index contributed by atoms with van der Waals surface area (Å²) in [5.74, 6) is 2.83. The van der Waals surface area contributed by atoms with Crippen molar-refractivity contribution < 1.29 is 23.5 Å². The van der Waals surface area contributed by atoms with Gasteiger partial charge in [-0.1, -0.05) is 35.5 Å². The number of hydrogen-bond donors (Lipinski definition) is 0. The predicted octanol–water partition coefficient (Wildman–Crippen LogP) is 3.75. The topological polar surface area (TPSA) is 63.0 Å². The van der Waals surface area contributed by atoms with Crippen LogP contribution in [-0.2, 0) is 0 Å². The van der Waals surface area contributed by atoms with Gasteiger partial charge in [0.15, 0.2) is 17.3 Å². The Hall–Kier alpha value is -3.15. The third-order valence-corrected chi connectivity index (χ3v) is 3.88. The van der Waals surface area contributed by atoms with E-state index in [0.717, 1.165) is 16.7 Å². The number of benzene rings is 2. The van der Waals surface area contributed by atoms with Crippen LogP contribution in [0, 0.1) is 0 Å². The molecule has 0 saturated heterocycles. The Bertz CT molecular complexity index is 873. The van der Waals surface area contributed by atoms with Gasteiger partial charge in [-0.15, -0.1) is 0 Å². The average Bonchev–Trinajstić information content (AvgIpc) is 3.30. The second kappa shape index (κ2) is 5.81. The highest BCUT2D eigenvalue weighted by atomic mass is 16.7. The molecule has 0 fully saturated rings. The monoisotopic (exact) mass is 325 g/mol. The second-order valence-corrected chi connectivity index (χ2v) is 5.16. The van der Waals surface area contributed by atoms with E-state index in [1.54, 1.807) is 20.4 Å². The van der Waals surface area contributed by atoms with Crippen molar-refractivity contribution in [1.82, 2.24) is 5.16 Å².